The summed E-state index contributed by atoms with van der Waals surface area (Å²) < 4.78 is 1.81. The number of Topliss-reactive ketones (excluding diaryl/α,β-unsaturated/α-hetero) is 1. The van der Waals surface area contributed by atoms with E-state index in [0.717, 1.165) is 11.4 Å². The molecule has 0 atom stereocenters. The molecule has 0 amide bonds. The monoisotopic (exact) mass is 152 g/mol. The molecule has 0 radical (unpaired) electrons. The van der Waals surface area contributed by atoms with Gasteiger partial charge in [-0.15, -0.1) is 0 Å². The highest BCUT2D eigenvalue weighted by atomic mass is 16.1. The number of nitrogens with zero attached hydrogens (tertiary/aromatic N) is 1. The molecule has 0 fully saturated rings. The lowest BCUT2D eigenvalue weighted by atomic mass is 10.3. The van der Waals surface area contributed by atoms with Crippen molar-refractivity contribution in [3.05, 3.63) is 18.0 Å². The highest BCUT2D eigenvalue weighted by Gasteiger charge is 2.04. The summed E-state index contributed by atoms with van der Waals surface area (Å²) in [4.78, 5) is 10.9. The Labute approximate surface area is 66.0 Å². The van der Waals surface area contributed by atoms with Gasteiger partial charge in [-0.1, -0.05) is 0 Å². The molecule has 11 heavy (non-hydrogen) atoms. The first-order chi connectivity index (χ1) is 5.15. The van der Waals surface area contributed by atoms with Gasteiger partial charge in [0.1, 0.15) is 0 Å². The number of aromatic nitrogens is 1. The van der Waals surface area contributed by atoms with Gasteiger partial charge in [-0.3, -0.25) is 4.79 Å². The van der Waals surface area contributed by atoms with Crippen LogP contribution in [-0.4, -0.2) is 17.4 Å². The summed E-state index contributed by atoms with van der Waals surface area (Å²) in [6, 6.07) is 1.84. The van der Waals surface area contributed by atoms with Crippen molar-refractivity contribution < 1.29 is 4.79 Å². The van der Waals surface area contributed by atoms with Crippen molar-refractivity contribution in [2.45, 2.75) is 6.92 Å². The van der Waals surface area contributed by atoms with Gasteiger partial charge in [0.25, 0.3) is 0 Å². The van der Waals surface area contributed by atoms with Crippen LogP contribution in [0.3, 0.4) is 0 Å². The summed E-state index contributed by atoms with van der Waals surface area (Å²) in [6.45, 7) is 1.56. The lowest BCUT2D eigenvalue weighted by Crippen LogP contribution is -1.99. The Bertz CT molecular complexity index is 276. The molecule has 0 saturated heterocycles. The Morgan fingerprint density at radius 1 is 1.64 bits per heavy atom. The third-order valence-corrected chi connectivity index (χ3v) is 1.65. The lowest BCUT2D eigenvalue weighted by Gasteiger charge is -1.94. The summed E-state index contributed by atoms with van der Waals surface area (Å²) in [6.07, 6.45) is 1.89. The zero-order valence-corrected chi connectivity index (χ0v) is 7.01. The standard InChI is InChI=1S/C8H12N2O/c1-6(11)8-4-7(9-2)5-10(8)3/h4-5,9H,1-3H3. The van der Waals surface area contributed by atoms with E-state index in [9.17, 15) is 4.79 Å². The van der Waals surface area contributed by atoms with Crippen LogP contribution in [0, 0.1) is 0 Å². The van der Waals surface area contributed by atoms with Crippen molar-refractivity contribution in [2.24, 2.45) is 7.05 Å². The van der Waals surface area contributed by atoms with Gasteiger partial charge >= 0.3 is 0 Å². The minimum absolute atomic E-state index is 0.0917. The van der Waals surface area contributed by atoms with Crippen LogP contribution in [0.5, 0.6) is 0 Å². The zero-order valence-electron chi connectivity index (χ0n) is 7.01. The molecular formula is C8H12N2O. The molecule has 0 bridgehead atoms. The molecule has 60 valence electrons. The highest BCUT2D eigenvalue weighted by Crippen LogP contribution is 2.11. The maximum atomic E-state index is 10.9. The predicted octanol–water partition coefficient (Wildman–Crippen LogP) is 1.27. The van der Waals surface area contributed by atoms with Gasteiger partial charge in [0.2, 0.25) is 0 Å². The fourth-order valence-electron chi connectivity index (χ4n) is 1.05. The number of carbonyl (C=O) groups is 1. The number of hydrogen-bond acceptors (Lipinski definition) is 2. The van der Waals surface area contributed by atoms with E-state index in [-0.39, 0.29) is 5.78 Å². The van der Waals surface area contributed by atoms with Crippen LogP contribution < -0.4 is 5.32 Å². The zero-order chi connectivity index (χ0) is 8.43. The van der Waals surface area contributed by atoms with Crippen molar-refractivity contribution in [2.75, 3.05) is 12.4 Å². The summed E-state index contributed by atoms with van der Waals surface area (Å²) >= 11 is 0. The molecule has 3 heteroatoms. The second kappa shape index (κ2) is 2.78. The molecule has 0 aliphatic rings. The molecule has 0 aromatic carbocycles. The van der Waals surface area contributed by atoms with E-state index in [1.807, 2.05) is 30.9 Å². The Kier molecular flexibility index (Phi) is 1.98. The number of nitrogens with one attached hydrogen (secondary N) is 1. The number of anilines is 1. The van der Waals surface area contributed by atoms with Crippen LogP contribution in [0.25, 0.3) is 0 Å². The lowest BCUT2D eigenvalue weighted by molar-refractivity contribution is 0.101. The van der Waals surface area contributed by atoms with Crippen LogP contribution in [0.15, 0.2) is 12.3 Å². The van der Waals surface area contributed by atoms with Gasteiger partial charge in [0.15, 0.2) is 5.78 Å². The molecule has 1 aromatic heterocycles. The van der Waals surface area contributed by atoms with Crippen molar-refractivity contribution in [3.63, 3.8) is 0 Å². The van der Waals surface area contributed by atoms with Gasteiger partial charge in [-0.2, -0.15) is 0 Å². The van der Waals surface area contributed by atoms with E-state index < -0.39 is 0 Å². The van der Waals surface area contributed by atoms with Gasteiger partial charge in [0.05, 0.1) is 11.4 Å². The Hall–Kier alpha value is -1.25. The van der Waals surface area contributed by atoms with E-state index in [4.69, 9.17) is 0 Å². The summed E-state index contributed by atoms with van der Waals surface area (Å²) in [5.41, 5.74) is 1.70. The first-order valence-electron chi connectivity index (χ1n) is 3.50. The second-order valence-electron chi connectivity index (χ2n) is 2.53. The minimum atomic E-state index is 0.0917. The fraction of sp³-hybridized carbons (Fsp3) is 0.375. The van der Waals surface area contributed by atoms with E-state index in [1.165, 1.54) is 0 Å². The van der Waals surface area contributed by atoms with Crippen LogP contribution in [0.2, 0.25) is 0 Å². The maximum absolute atomic E-state index is 10.9. The Balaban J connectivity index is 3.07. The van der Waals surface area contributed by atoms with Gasteiger partial charge in [-0.25, -0.2) is 0 Å². The first kappa shape index (κ1) is 7.85. The average Bonchev–Trinajstić information content (AvgIpc) is 2.30. The Morgan fingerprint density at radius 3 is 2.55 bits per heavy atom. The topological polar surface area (TPSA) is 34.0 Å². The smallest absolute Gasteiger partial charge is 0.176 e. The fourth-order valence-corrected chi connectivity index (χ4v) is 1.05. The molecule has 3 nitrogen and oxygen atoms in total. The third-order valence-electron chi connectivity index (χ3n) is 1.65. The predicted molar refractivity (Wildman–Crippen MR) is 45.0 cm³/mol. The molecule has 1 N–H and O–H groups in total. The molecule has 0 spiro atoms. The second-order valence-corrected chi connectivity index (χ2v) is 2.53. The number of hydrogen-bond donors (Lipinski definition) is 1. The van der Waals surface area contributed by atoms with Crippen molar-refractivity contribution >= 4 is 11.5 Å². The molecule has 0 saturated carbocycles. The molecule has 0 aliphatic heterocycles. The van der Waals surface area contributed by atoms with Crippen LogP contribution in [0.1, 0.15) is 17.4 Å². The van der Waals surface area contributed by atoms with Crippen LogP contribution in [-0.2, 0) is 7.05 Å². The van der Waals surface area contributed by atoms with Gasteiger partial charge < -0.3 is 9.88 Å². The number of ketones is 1. The van der Waals surface area contributed by atoms with Crippen molar-refractivity contribution in [1.29, 1.82) is 0 Å². The molecule has 0 aliphatic carbocycles. The van der Waals surface area contributed by atoms with E-state index in [0.29, 0.717) is 0 Å². The molecule has 1 rings (SSSR count). The summed E-state index contributed by atoms with van der Waals surface area (Å²) in [5.74, 6) is 0.0917. The normalized spacial score (nSPS) is 9.73. The number of carbonyl (C=O) groups excluding carboxylic acids is 1. The summed E-state index contributed by atoms with van der Waals surface area (Å²) in [5, 5.41) is 2.97. The number of aryl methyl sites for hydroxylation is 1. The Morgan fingerprint density at radius 2 is 2.27 bits per heavy atom. The SMILES string of the molecule is CNc1cc(C(C)=O)n(C)c1. The highest BCUT2D eigenvalue weighted by molar-refractivity contribution is 5.93. The van der Waals surface area contributed by atoms with Crippen LogP contribution in [0.4, 0.5) is 5.69 Å². The molecule has 1 heterocycles. The third kappa shape index (κ3) is 1.42. The van der Waals surface area contributed by atoms with Gasteiger partial charge in [-0.05, 0) is 6.07 Å². The molecule has 1 aromatic rings. The largest absolute Gasteiger partial charge is 0.387 e. The average molecular weight is 152 g/mol. The van der Waals surface area contributed by atoms with Gasteiger partial charge in [0, 0.05) is 27.2 Å². The molecule has 0 unspecified atom stereocenters. The van der Waals surface area contributed by atoms with Crippen LogP contribution >= 0.6 is 0 Å². The molecular weight excluding hydrogens is 140 g/mol. The van der Waals surface area contributed by atoms with Crippen molar-refractivity contribution in [1.82, 2.24) is 4.57 Å². The number of rotatable bonds is 2. The maximum Gasteiger partial charge on any atom is 0.176 e. The quantitative estimate of drug-likeness (QED) is 0.647. The van der Waals surface area contributed by atoms with E-state index >= 15 is 0 Å². The van der Waals surface area contributed by atoms with E-state index in [1.54, 1.807) is 6.92 Å². The first-order valence-corrected chi connectivity index (χ1v) is 3.50. The minimum Gasteiger partial charge on any atom is -0.387 e. The summed E-state index contributed by atoms with van der Waals surface area (Å²) in [7, 11) is 3.69. The van der Waals surface area contributed by atoms with E-state index in [2.05, 4.69) is 5.32 Å². The van der Waals surface area contributed by atoms with Crippen molar-refractivity contribution in [3.8, 4) is 0 Å².